The summed E-state index contributed by atoms with van der Waals surface area (Å²) in [5.41, 5.74) is 1.03. The van der Waals surface area contributed by atoms with Crippen molar-refractivity contribution in [3.63, 3.8) is 0 Å². The fourth-order valence-corrected chi connectivity index (χ4v) is 3.16. The minimum atomic E-state index is 0.650. The van der Waals surface area contributed by atoms with Crippen molar-refractivity contribution in [3.05, 3.63) is 23.5 Å². The first-order valence-corrected chi connectivity index (χ1v) is 8.19. The summed E-state index contributed by atoms with van der Waals surface area (Å²) < 4.78 is 2.06. The van der Waals surface area contributed by atoms with Gasteiger partial charge in [-0.2, -0.15) is 0 Å². The highest BCUT2D eigenvalue weighted by atomic mass is 32.1. The molecule has 1 aliphatic heterocycles. The van der Waals surface area contributed by atoms with E-state index < -0.39 is 0 Å². The van der Waals surface area contributed by atoms with E-state index in [1.807, 2.05) is 11.6 Å². The number of aromatic nitrogens is 2. The molecule has 1 N–H and O–H groups in total. The third-order valence-corrected chi connectivity index (χ3v) is 4.24. The molecule has 3 heterocycles. The van der Waals surface area contributed by atoms with Crippen LogP contribution in [0.15, 0.2) is 22.8 Å². The highest BCUT2D eigenvalue weighted by Gasteiger charge is 2.15. The lowest BCUT2D eigenvalue weighted by Gasteiger charge is -2.21. The molecule has 2 aromatic heterocycles. The van der Waals surface area contributed by atoms with E-state index in [0.29, 0.717) is 6.54 Å². The second-order valence-corrected chi connectivity index (χ2v) is 5.96. The molecule has 20 heavy (non-hydrogen) atoms. The molecule has 0 atom stereocenters. The summed E-state index contributed by atoms with van der Waals surface area (Å²) in [6.07, 6.45) is 7.76. The Hall–Kier alpha value is -1.56. The first-order chi connectivity index (χ1) is 9.86. The van der Waals surface area contributed by atoms with Gasteiger partial charge in [0.05, 0.1) is 12.2 Å². The third-order valence-electron chi connectivity index (χ3n) is 3.47. The van der Waals surface area contributed by atoms with Crippen molar-refractivity contribution in [3.8, 4) is 0 Å². The topological polar surface area (TPSA) is 44.9 Å². The van der Waals surface area contributed by atoms with Crippen LogP contribution in [-0.2, 0) is 6.54 Å². The lowest BCUT2D eigenvalue weighted by atomic mass is 10.4. The van der Waals surface area contributed by atoms with Crippen LogP contribution in [-0.4, -0.2) is 39.9 Å². The Bertz CT molecular complexity index is 551. The van der Waals surface area contributed by atoms with E-state index >= 15 is 0 Å². The van der Waals surface area contributed by atoms with Crippen LogP contribution in [0.4, 0.5) is 0 Å². The molecule has 1 fully saturated rings. The van der Waals surface area contributed by atoms with Crippen molar-refractivity contribution in [2.75, 3.05) is 19.6 Å². The quantitative estimate of drug-likeness (QED) is 0.695. The molecule has 6 heteroatoms. The molecule has 0 spiro atoms. The van der Waals surface area contributed by atoms with Crippen molar-refractivity contribution in [2.24, 2.45) is 4.99 Å². The average molecular weight is 291 g/mol. The Morgan fingerprint density at radius 1 is 1.45 bits per heavy atom. The predicted molar refractivity (Wildman–Crippen MR) is 83.3 cm³/mol. The van der Waals surface area contributed by atoms with Gasteiger partial charge in [-0.25, -0.2) is 9.98 Å². The van der Waals surface area contributed by atoms with E-state index in [1.165, 1.54) is 12.8 Å². The van der Waals surface area contributed by atoms with Crippen molar-refractivity contribution in [1.29, 1.82) is 0 Å². The van der Waals surface area contributed by atoms with Crippen LogP contribution in [0.1, 0.15) is 31.9 Å². The van der Waals surface area contributed by atoms with E-state index in [1.54, 1.807) is 11.3 Å². The smallest absolute Gasteiger partial charge is 0.194 e. The van der Waals surface area contributed by atoms with Gasteiger partial charge in [-0.15, -0.1) is 11.3 Å². The highest BCUT2D eigenvalue weighted by molar-refractivity contribution is 7.15. The number of nitrogens with one attached hydrogen (secondary N) is 1. The van der Waals surface area contributed by atoms with Crippen LogP contribution in [0, 0.1) is 0 Å². The van der Waals surface area contributed by atoms with Gasteiger partial charge in [0, 0.05) is 37.4 Å². The van der Waals surface area contributed by atoms with Crippen molar-refractivity contribution in [2.45, 2.75) is 32.7 Å². The predicted octanol–water partition coefficient (Wildman–Crippen LogP) is 2.35. The molecule has 0 saturated carbocycles. The summed E-state index contributed by atoms with van der Waals surface area (Å²) in [6.45, 7) is 6.05. The standard InChI is InChI=1S/C14H21N5S/c1-2-5-15-13(18-6-3-4-7-18)16-10-12-11-19-8-9-20-14(19)17-12/h8-9,11H,2-7,10H2,1H3,(H,15,16). The summed E-state index contributed by atoms with van der Waals surface area (Å²) >= 11 is 1.66. The minimum absolute atomic E-state index is 0.650. The summed E-state index contributed by atoms with van der Waals surface area (Å²) in [5, 5.41) is 5.50. The lowest BCUT2D eigenvalue weighted by Crippen LogP contribution is -2.40. The molecule has 0 amide bonds. The molecule has 0 radical (unpaired) electrons. The highest BCUT2D eigenvalue weighted by Crippen LogP contribution is 2.13. The number of rotatable bonds is 4. The number of thiazole rings is 1. The van der Waals surface area contributed by atoms with Crippen LogP contribution >= 0.6 is 11.3 Å². The van der Waals surface area contributed by atoms with Gasteiger partial charge in [-0.3, -0.25) is 4.40 Å². The zero-order chi connectivity index (χ0) is 13.8. The largest absolute Gasteiger partial charge is 0.356 e. The molecule has 0 aliphatic carbocycles. The van der Waals surface area contributed by atoms with Crippen LogP contribution in [0.3, 0.4) is 0 Å². The first-order valence-electron chi connectivity index (χ1n) is 7.31. The Morgan fingerprint density at radius 3 is 3.05 bits per heavy atom. The second-order valence-electron chi connectivity index (χ2n) is 5.09. The SMILES string of the molecule is CCCNC(=NCc1cn2ccsc2n1)N1CCCC1. The van der Waals surface area contributed by atoms with Crippen molar-refractivity contribution >= 4 is 22.3 Å². The van der Waals surface area contributed by atoms with Crippen LogP contribution < -0.4 is 5.32 Å². The van der Waals surface area contributed by atoms with Crippen LogP contribution in [0.5, 0.6) is 0 Å². The van der Waals surface area contributed by atoms with Gasteiger partial charge in [-0.05, 0) is 19.3 Å². The Morgan fingerprint density at radius 2 is 2.30 bits per heavy atom. The van der Waals surface area contributed by atoms with Gasteiger partial charge < -0.3 is 10.2 Å². The van der Waals surface area contributed by atoms with Gasteiger partial charge in [0.2, 0.25) is 0 Å². The molecule has 0 unspecified atom stereocenters. The van der Waals surface area contributed by atoms with Gasteiger partial charge in [-0.1, -0.05) is 6.92 Å². The van der Waals surface area contributed by atoms with Crippen molar-refractivity contribution < 1.29 is 0 Å². The van der Waals surface area contributed by atoms with E-state index in [9.17, 15) is 0 Å². The molecule has 3 rings (SSSR count). The Labute approximate surface area is 123 Å². The number of likely N-dealkylation sites (tertiary alicyclic amines) is 1. The second kappa shape index (κ2) is 6.26. The maximum Gasteiger partial charge on any atom is 0.194 e. The molecular formula is C14H21N5S. The fourth-order valence-electron chi connectivity index (χ4n) is 2.44. The maximum atomic E-state index is 4.75. The summed E-state index contributed by atoms with van der Waals surface area (Å²) in [4.78, 5) is 12.7. The normalized spacial score (nSPS) is 16.2. The maximum absolute atomic E-state index is 4.75. The molecule has 5 nitrogen and oxygen atoms in total. The average Bonchev–Trinajstić information content (AvgIpc) is 3.15. The summed E-state index contributed by atoms with van der Waals surface area (Å²) in [7, 11) is 0. The van der Waals surface area contributed by atoms with E-state index in [-0.39, 0.29) is 0 Å². The summed E-state index contributed by atoms with van der Waals surface area (Å²) in [6, 6.07) is 0. The van der Waals surface area contributed by atoms with Gasteiger partial charge >= 0.3 is 0 Å². The van der Waals surface area contributed by atoms with Gasteiger partial charge in [0.25, 0.3) is 0 Å². The first kappa shape index (κ1) is 13.4. The van der Waals surface area contributed by atoms with Crippen LogP contribution in [0.2, 0.25) is 0 Å². The Balaban J connectivity index is 1.70. The molecule has 108 valence electrons. The van der Waals surface area contributed by atoms with Crippen LogP contribution in [0.25, 0.3) is 4.96 Å². The summed E-state index contributed by atoms with van der Waals surface area (Å²) in [5.74, 6) is 1.04. The van der Waals surface area contributed by atoms with E-state index in [4.69, 9.17) is 4.99 Å². The molecular weight excluding hydrogens is 270 g/mol. The number of fused-ring (bicyclic) bond motifs is 1. The van der Waals surface area contributed by atoms with Gasteiger partial charge in [0.15, 0.2) is 10.9 Å². The van der Waals surface area contributed by atoms with Gasteiger partial charge in [0.1, 0.15) is 0 Å². The third kappa shape index (κ3) is 2.95. The molecule has 0 bridgehead atoms. The number of hydrogen-bond donors (Lipinski definition) is 1. The Kier molecular flexibility index (Phi) is 4.20. The molecule has 1 aliphatic rings. The number of nitrogens with zero attached hydrogens (tertiary/aromatic N) is 4. The number of aliphatic imine (C=N–C) groups is 1. The molecule has 0 aromatic carbocycles. The zero-order valence-corrected chi connectivity index (χ0v) is 12.7. The van der Waals surface area contributed by atoms with E-state index in [0.717, 1.165) is 42.7 Å². The lowest BCUT2D eigenvalue weighted by molar-refractivity contribution is 0.491. The number of imidazole rings is 1. The fraction of sp³-hybridized carbons (Fsp3) is 0.571. The number of hydrogen-bond acceptors (Lipinski definition) is 3. The minimum Gasteiger partial charge on any atom is -0.356 e. The van der Waals surface area contributed by atoms with E-state index in [2.05, 4.69) is 32.7 Å². The molecule has 2 aromatic rings. The zero-order valence-electron chi connectivity index (χ0n) is 11.9. The molecule has 1 saturated heterocycles. The monoisotopic (exact) mass is 291 g/mol. The van der Waals surface area contributed by atoms with Crippen molar-refractivity contribution in [1.82, 2.24) is 19.6 Å². The number of guanidine groups is 1.